The van der Waals surface area contributed by atoms with Crippen LogP contribution in [0.25, 0.3) is 0 Å². The number of rotatable bonds is 1. The van der Waals surface area contributed by atoms with Crippen LogP contribution >= 0.6 is 48.0 Å². The van der Waals surface area contributed by atoms with Gasteiger partial charge in [0.25, 0.3) is 0 Å². The zero-order valence-corrected chi connectivity index (χ0v) is 10.1. The first-order chi connectivity index (χ1) is 5.79. The van der Waals surface area contributed by atoms with Gasteiger partial charge < -0.3 is 9.47 Å². The fraction of sp³-hybridized carbons (Fsp3) is 0.250. The van der Waals surface area contributed by atoms with Crippen molar-refractivity contribution in [2.75, 3.05) is 0 Å². The van der Waals surface area contributed by atoms with Crippen molar-refractivity contribution in [2.45, 2.75) is 11.6 Å². The second-order valence-corrected chi connectivity index (χ2v) is 3.05. The Morgan fingerprint density at radius 1 is 1.14 bits per heavy atom. The van der Waals surface area contributed by atoms with Crippen LogP contribution in [0.3, 0.4) is 0 Å². The van der Waals surface area contributed by atoms with E-state index in [1.54, 1.807) is 6.07 Å². The van der Waals surface area contributed by atoms with Gasteiger partial charge >= 0.3 is 5.75 Å². The van der Waals surface area contributed by atoms with E-state index < -0.39 is 5.75 Å². The standard InChI is InChI=1S/C8H6Cl2O2.2ClH/c9-4-5-1-2-6-7(3-5)12-8(10)11-6;;/h1-3,8H,4H2;2*1H. The molecule has 1 atom stereocenters. The first-order valence-electron chi connectivity index (χ1n) is 3.46. The van der Waals surface area contributed by atoms with Crippen LogP contribution in [0.2, 0.25) is 0 Å². The zero-order valence-electron chi connectivity index (χ0n) is 6.91. The number of benzene rings is 1. The second-order valence-electron chi connectivity index (χ2n) is 2.42. The SMILES string of the molecule is Cl.Cl.ClCc1ccc2c(c1)OC(Cl)O2. The van der Waals surface area contributed by atoms with E-state index in [2.05, 4.69) is 0 Å². The number of alkyl halides is 2. The van der Waals surface area contributed by atoms with Crippen molar-refractivity contribution in [1.29, 1.82) is 0 Å². The molecule has 0 N–H and O–H groups in total. The summed E-state index contributed by atoms with van der Waals surface area (Å²) in [5.41, 5.74) is 0.991. The van der Waals surface area contributed by atoms with Crippen LogP contribution in [0.1, 0.15) is 5.56 Å². The third-order valence-corrected chi connectivity index (χ3v) is 2.09. The van der Waals surface area contributed by atoms with Gasteiger partial charge in [0, 0.05) is 5.88 Å². The van der Waals surface area contributed by atoms with Crippen molar-refractivity contribution in [3.8, 4) is 11.5 Å². The van der Waals surface area contributed by atoms with Gasteiger partial charge in [-0.3, -0.25) is 0 Å². The highest BCUT2D eigenvalue weighted by atomic mass is 35.5. The molecule has 1 unspecified atom stereocenters. The molecular formula is C8H8Cl4O2. The van der Waals surface area contributed by atoms with Gasteiger partial charge in [-0.2, -0.15) is 0 Å². The highest BCUT2D eigenvalue weighted by molar-refractivity contribution is 6.19. The molecule has 1 aromatic carbocycles. The van der Waals surface area contributed by atoms with Crippen LogP contribution in [0.4, 0.5) is 0 Å². The third kappa shape index (κ3) is 2.74. The molecule has 0 bridgehead atoms. The summed E-state index contributed by atoms with van der Waals surface area (Å²) in [6, 6.07) is 5.50. The van der Waals surface area contributed by atoms with Crippen molar-refractivity contribution < 1.29 is 9.47 Å². The monoisotopic (exact) mass is 276 g/mol. The van der Waals surface area contributed by atoms with Crippen LogP contribution in [0.15, 0.2) is 18.2 Å². The predicted molar refractivity (Wildman–Crippen MR) is 61.4 cm³/mol. The summed E-state index contributed by atoms with van der Waals surface area (Å²) in [5.74, 6) is 1.09. The van der Waals surface area contributed by atoms with Crippen molar-refractivity contribution in [1.82, 2.24) is 0 Å². The van der Waals surface area contributed by atoms with Gasteiger partial charge in [-0.05, 0) is 29.3 Å². The van der Waals surface area contributed by atoms with Crippen molar-refractivity contribution >= 4 is 48.0 Å². The molecule has 2 rings (SSSR count). The predicted octanol–water partition coefficient (Wildman–Crippen LogP) is 3.56. The highest BCUT2D eigenvalue weighted by Crippen LogP contribution is 2.36. The Hall–Kier alpha value is -0.0200. The Morgan fingerprint density at radius 3 is 2.43 bits per heavy atom. The molecule has 80 valence electrons. The molecule has 0 aliphatic carbocycles. The number of ether oxygens (including phenoxy) is 2. The maximum absolute atomic E-state index is 5.64. The minimum atomic E-state index is -0.703. The van der Waals surface area contributed by atoms with Gasteiger partial charge in [-0.25, -0.2) is 0 Å². The molecule has 1 aliphatic rings. The lowest BCUT2D eigenvalue weighted by Crippen LogP contribution is -2.07. The summed E-state index contributed by atoms with van der Waals surface area (Å²) in [6.45, 7) is 0. The van der Waals surface area contributed by atoms with E-state index in [1.165, 1.54) is 0 Å². The Balaban J connectivity index is 0.000000845. The molecule has 14 heavy (non-hydrogen) atoms. The van der Waals surface area contributed by atoms with Crippen LogP contribution in [-0.2, 0) is 5.88 Å². The maximum Gasteiger partial charge on any atom is 0.322 e. The van der Waals surface area contributed by atoms with E-state index in [-0.39, 0.29) is 24.8 Å². The zero-order chi connectivity index (χ0) is 8.55. The van der Waals surface area contributed by atoms with E-state index in [9.17, 15) is 0 Å². The fourth-order valence-electron chi connectivity index (χ4n) is 1.05. The van der Waals surface area contributed by atoms with Gasteiger partial charge in [-0.15, -0.1) is 36.4 Å². The molecule has 0 spiro atoms. The molecule has 1 aliphatic heterocycles. The molecule has 6 heteroatoms. The average molecular weight is 278 g/mol. The quantitative estimate of drug-likeness (QED) is 0.731. The second kappa shape index (κ2) is 5.76. The fourth-order valence-corrected chi connectivity index (χ4v) is 1.41. The molecule has 1 aromatic rings. The Bertz CT molecular complexity index is 305. The molecule has 0 saturated carbocycles. The van der Waals surface area contributed by atoms with Crippen LogP contribution < -0.4 is 9.47 Å². The summed E-state index contributed by atoms with van der Waals surface area (Å²) in [4.78, 5) is 0. The summed E-state index contributed by atoms with van der Waals surface area (Å²) < 4.78 is 10.2. The van der Waals surface area contributed by atoms with Crippen LogP contribution in [-0.4, -0.2) is 5.75 Å². The molecule has 0 aromatic heterocycles. The lowest BCUT2D eigenvalue weighted by Gasteiger charge is -1.97. The normalized spacial score (nSPS) is 16.9. The minimum Gasteiger partial charge on any atom is -0.438 e. The number of fused-ring (bicyclic) bond motifs is 1. The molecule has 0 fully saturated rings. The number of halogens is 4. The van der Waals surface area contributed by atoms with Gasteiger partial charge in [0.05, 0.1) is 0 Å². The summed E-state index contributed by atoms with van der Waals surface area (Å²) >= 11 is 11.2. The van der Waals surface area contributed by atoms with Gasteiger partial charge in [0.1, 0.15) is 0 Å². The summed E-state index contributed by atoms with van der Waals surface area (Å²) in [6.07, 6.45) is 0. The van der Waals surface area contributed by atoms with Crippen LogP contribution in [0.5, 0.6) is 11.5 Å². The first kappa shape index (κ1) is 14.0. The van der Waals surface area contributed by atoms with E-state index in [0.29, 0.717) is 17.4 Å². The Kier molecular flexibility index (Phi) is 5.75. The lowest BCUT2D eigenvalue weighted by molar-refractivity contribution is 0.128. The maximum atomic E-state index is 5.64. The molecular weight excluding hydrogens is 270 g/mol. The number of hydrogen-bond donors (Lipinski definition) is 0. The average Bonchev–Trinajstić information content (AvgIpc) is 2.43. The third-order valence-electron chi connectivity index (χ3n) is 1.60. The van der Waals surface area contributed by atoms with E-state index in [1.807, 2.05) is 12.1 Å². The highest BCUT2D eigenvalue weighted by Gasteiger charge is 2.21. The molecule has 2 nitrogen and oxygen atoms in total. The van der Waals surface area contributed by atoms with Gasteiger partial charge in [0.15, 0.2) is 11.5 Å². The smallest absolute Gasteiger partial charge is 0.322 e. The molecule has 0 amide bonds. The van der Waals surface area contributed by atoms with E-state index in [4.69, 9.17) is 32.7 Å². The van der Waals surface area contributed by atoms with Crippen molar-refractivity contribution in [3.05, 3.63) is 23.8 Å². The van der Waals surface area contributed by atoms with Crippen LogP contribution in [0, 0.1) is 0 Å². The minimum absolute atomic E-state index is 0. The van der Waals surface area contributed by atoms with E-state index >= 15 is 0 Å². The largest absolute Gasteiger partial charge is 0.438 e. The number of hydrogen-bond acceptors (Lipinski definition) is 2. The molecule has 0 radical (unpaired) electrons. The van der Waals surface area contributed by atoms with E-state index in [0.717, 1.165) is 5.56 Å². The first-order valence-corrected chi connectivity index (χ1v) is 4.43. The summed E-state index contributed by atoms with van der Waals surface area (Å²) in [5, 5.41) is 0. The van der Waals surface area contributed by atoms with Crippen molar-refractivity contribution in [2.24, 2.45) is 0 Å². The van der Waals surface area contributed by atoms with Gasteiger partial charge in [-0.1, -0.05) is 6.07 Å². The van der Waals surface area contributed by atoms with Crippen molar-refractivity contribution in [3.63, 3.8) is 0 Å². The lowest BCUT2D eigenvalue weighted by atomic mass is 10.2. The summed E-state index contributed by atoms with van der Waals surface area (Å²) in [7, 11) is 0. The molecule has 0 saturated heterocycles. The Morgan fingerprint density at radius 2 is 1.79 bits per heavy atom. The van der Waals surface area contributed by atoms with Gasteiger partial charge in [0.2, 0.25) is 0 Å². The Labute approximate surface area is 104 Å². The topological polar surface area (TPSA) is 18.5 Å². The molecule has 1 heterocycles.